The summed E-state index contributed by atoms with van der Waals surface area (Å²) in [4.78, 5) is 43.0. The highest BCUT2D eigenvalue weighted by Crippen LogP contribution is 2.54. The molecule has 11 nitrogen and oxygen atoms in total. The molecule has 1 saturated carbocycles. The van der Waals surface area contributed by atoms with Gasteiger partial charge in [-0.2, -0.15) is 0 Å². The molecule has 1 fully saturated rings. The maximum Gasteiger partial charge on any atom is 0.255 e. The molecule has 0 aromatic heterocycles. The van der Waals surface area contributed by atoms with Crippen LogP contribution in [0.5, 0.6) is 5.75 Å². The van der Waals surface area contributed by atoms with Crippen LogP contribution in [0.2, 0.25) is 0 Å². The van der Waals surface area contributed by atoms with Crippen LogP contribution in [0.25, 0.3) is 5.76 Å². The minimum absolute atomic E-state index is 0.00527. The second-order valence-corrected chi connectivity index (χ2v) is 11.1. The van der Waals surface area contributed by atoms with Crippen molar-refractivity contribution < 1.29 is 34.8 Å². The number of fused-ring (bicyclic) bond motifs is 3. The van der Waals surface area contributed by atoms with Gasteiger partial charge in [0.15, 0.2) is 11.4 Å². The van der Waals surface area contributed by atoms with Gasteiger partial charge in [-0.05, 0) is 64.3 Å². The van der Waals surface area contributed by atoms with Crippen LogP contribution in [0.3, 0.4) is 0 Å². The van der Waals surface area contributed by atoms with Gasteiger partial charge in [0.1, 0.15) is 22.8 Å². The molecule has 4 rings (SSSR count). The predicted molar refractivity (Wildman–Crippen MR) is 146 cm³/mol. The number of Topliss-reactive ketones (excluding diaryl/α,β-unsaturated/α-hetero) is 2. The van der Waals surface area contributed by atoms with Crippen LogP contribution in [0, 0.1) is 11.8 Å². The maximum atomic E-state index is 14.0. The van der Waals surface area contributed by atoms with Crippen LogP contribution in [-0.4, -0.2) is 81.1 Å². The highest BCUT2D eigenvalue weighted by molar-refractivity contribution is 6.24. The number of benzene rings is 1. The molecule has 0 heterocycles. The summed E-state index contributed by atoms with van der Waals surface area (Å²) in [5, 5.41) is 45.2. The van der Waals surface area contributed by atoms with E-state index in [-0.39, 0.29) is 41.5 Å². The standard InChI is InChI=1S/C28H38N4O7/c1-6-8-32(12(3)7-2)17-11-16(29)22(33)19-14(17)9-13-10-15-21(31(4)5)24(35)20(27(30)38)26(37)28(15,39)25(36)18(13)23(19)34/h11-13,15,21,33-34,37,39H,6-10,29H2,1-5H3,(H2,30,38)/t12?,13?,15?,21-,28-/m0/s1. The van der Waals surface area contributed by atoms with Crippen molar-refractivity contribution in [1.82, 2.24) is 4.90 Å². The van der Waals surface area contributed by atoms with E-state index in [0.717, 1.165) is 18.5 Å². The van der Waals surface area contributed by atoms with Gasteiger partial charge >= 0.3 is 0 Å². The zero-order chi connectivity index (χ0) is 29.1. The van der Waals surface area contributed by atoms with E-state index in [1.807, 2.05) is 6.92 Å². The summed E-state index contributed by atoms with van der Waals surface area (Å²) >= 11 is 0. The average molecular weight is 543 g/mol. The molecule has 8 N–H and O–H groups in total. The Morgan fingerprint density at radius 3 is 2.38 bits per heavy atom. The first kappa shape index (κ1) is 28.4. The van der Waals surface area contributed by atoms with Crippen molar-refractivity contribution in [2.45, 2.75) is 64.1 Å². The number of aliphatic hydroxyl groups excluding tert-OH is 2. The molecule has 1 aromatic rings. The Kier molecular flexibility index (Phi) is 7.20. The van der Waals surface area contributed by atoms with Crippen molar-refractivity contribution in [3.8, 4) is 5.75 Å². The second kappa shape index (κ2) is 9.87. The number of phenols is 1. The van der Waals surface area contributed by atoms with E-state index < -0.39 is 58.0 Å². The van der Waals surface area contributed by atoms with Gasteiger partial charge in [-0.15, -0.1) is 0 Å². The third kappa shape index (κ3) is 3.98. The lowest BCUT2D eigenvalue weighted by molar-refractivity contribution is -0.153. The van der Waals surface area contributed by atoms with Crippen molar-refractivity contribution in [3.05, 3.63) is 34.1 Å². The van der Waals surface area contributed by atoms with Crippen LogP contribution in [0.15, 0.2) is 23.0 Å². The first-order chi connectivity index (χ1) is 18.2. The Labute approximate surface area is 227 Å². The number of carbonyl (C=O) groups excluding carboxylic acids is 3. The number of rotatable bonds is 7. The molecule has 5 atom stereocenters. The summed E-state index contributed by atoms with van der Waals surface area (Å²) in [6, 6.07) is 0.667. The minimum atomic E-state index is -2.67. The molecule has 3 aliphatic carbocycles. The molecule has 212 valence electrons. The normalized spacial score (nSPS) is 27.3. The number of nitrogens with two attached hydrogens (primary N) is 2. The number of amides is 1. The van der Waals surface area contributed by atoms with Crippen molar-refractivity contribution in [2.75, 3.05) is 31.3 Å². The van der Waals surface area contributed by atoms with E-state index in [9.17, 15) is 34.8 Å². The number of nitrogens with zero attached hydrogens (tertiary/aromatic N) is 2. The van der Waals surface area contributed by atoms with Crippen molar-refractivity contribution >= 4 is 34.6 Å². The third-order valence-electron chi connectivity index (χ3n) is 8.62. The van der Waals surface area contributed by atoms with E-state index in [0.29, 0.717) is 12.1 Å². The van der Waals surface area contributed by atoms with Crippen molar-refractivity contribution in [2.24, 2.45) is 17.6 Å². The fourth-order valence-corrected chi connectivity index (χ4v) is 6.61. The Morgan fingerprint density at radius 2 is 1.85 bits per heavy atom. The fourth-order valence-electron chi connectivity index (χ4n) is 6.61. The largest absolute Gasteiger partial charge is 0.508 e. The summed E-state index contributed by atoms with van der Waals surface area (Å²) in [6.07, 6.45) is 1.92. The summed E-state index contributed by atoms with van der Waals surface area (Å²) in [6.45, 7) is 6.87. The Hall–Kier alpha value is -3.57. The number of carbonyl (C=O) groups is 3. The van der Waals surface area contributed by atoms with Crippen LogP contribution in [0.1, 0.15) is 51.2 Å². The summed E-state index contributed by atoms with van der Waals surface area (Å²) < 4.78 is 0. The summed E-state index contributed by atoms with van der Waals surface area (Å²) in [7, 11) is 3.14. The molecular formula is C28H38N4O7. The topological polar surface area (TPSA) is 191 Å². The minimum Gasteiger partial charge on any atom is -0.508 e. The Bertz CT molecular complexity index is 1320. The Balaban J connectivity index is 1.99. The van der Waals surface area contributed by atoms with Crippen LogP contribution < -0.4 is 16.4 Å². The fraction of sp³-hybridized carbons (Fsp3) is 0.536. The summed E-state index contributed by atoms with van der Waals surface area (Å²) in [5.41, 5.74) is 9.21. The average Bonchev–Trinajstić information content (AvgIpc) is 2.86. The number of anilines is 2. The molecule has 3 aliphatic rings. The molecule has 39 heavy (non-hydrogen) atoms. The molecule has 0 aliphatic heterocycles. The number of likely N-dealkylation sites (N-methyl/N-ethyl adjacent to an activating group) is 1. The lowest BCUT2D eigenvalue weighted by atomic mass is 9.57. The van der Waals surface area contributed by atoms with E-state index in [2.05, 4.69) is 18.7 Å². The number of ketones is 2. The molecule has 0 bridgehead atoms. The molecule has 1 amide bonds. The van der Waals surface area contributed by atoms with Gasteiger partial charge in [0.2, 0.25) is 5.78 Å². The smallest absolute Gasteiger partial charge is 0.255 e. The van der Waals surface area contributed by atoms with Crippen LogP contribution in [0.4, 0.5) is 11.4 Å². The number of aromatic hydroxyl groups is 1. The van der Waals surface area contributed by atoms with E-state index in [1.54, 1.807) is 20.2 Å². The van der Waals surface area contributed by atoms with Gasteiger partial charge < -0.3 is 36.8 Å². The van der Waals surface area contributed by atoms with Gasteiger partial charge in [-0.1, -0.05) is 13.8 Å². The first-order valence-corrected chi connectivity index (χ1v) is 13.3. The monoisotopic (exact) mass is 542 g/mol. The molecule has 11 heteroatoms. The quantitative estimate of drug-likeness (QED) is 0.167. The highest BCUT2D eigenvalue weighted by atomic mass is 16.3. The van der Waals surface area contributed by atoms with Gasteiger partial charge in [0.25, 0.3) is 5.91 Å². The maximum absolute atomic E-state index is 14.0. The number of hydrogen-bond acceptors (Lipinski definition) is 10. The predicted octanol–water partition coefficient (Wildman–Crippen LogP) is 1.56. The lowest BCUT2D eigenvalue weighted by Crippen LogP contribution is -2.65. The number of primary amides is 1. The van der Waals surface area contributed by atoms with Gasteiger partial charge in [-0.3, -0.25) is 19.3 Å². The lowest BCUT2D eigenvalue weighted by Gasteiger charge is -2.50. The van der Waals surface area contributed by atoms with Crippen LogP contribution in [-0.2, 0) is 20.8 Å². The SMILES string of the molecule is CCCN(c1cc(N)c(O)c2c1CC1CC3[C@H](N(C)C)C(=O)C(C(N)=O)=C(O)[C@@]3(O)C(=O)C1=C2O)C(C)CC. The van der Waals surface area contributed by atoms with Gasteiger partial charge in [0.05, 0.1) is 17.3 Å². The molecule has 0 saturated heterocycles. The molecule has 0 spiro atoms. The van der Waals surface area contributed by atoms with Gasteiger partial charge in [-0.25, -0.2) is 0 Å². The van der Waals surface area contributed by atoms with Crippen molar-refractivity contribution in [3.63, 3.8) is 0 Å². The van der Waals surface area contributed by atoms with E-state index in [1.165, 1.54) is 4.90 Å². The van der Waals surface area contributed by atoms with E-state index in [4.69, 9.17) is 11.5 Å². The summed E-state index contributed by atoms with van der Waals surface area (Å²) in [5.74, 6) is -6.90. The van der Waals surface area contributed by atoms with E-state index >= 15 is 0 Å². The zero-order valence-corrected chi connectivity index (χ0v) is 23.0. The number of hydrogen-bond donors (Lipinski definition) is 6. The molecule has 0 radical (unpaired) electrons. The number of aliphatic hydroxyl groups is 3. The first-order valence-electron chi connectivity index (χ1n) is 13.3. The van der Waals surface area contributed by atoms with Gasteiger partial charge in [0, 0.05) is 29.8 Å². The highest BCUT2D eigenvalue weighted by Gasteiger charge is 2.64. The number of nitrogen functional groups attached to an aromatic ring is 1. The number of phenolic OH excluding ortho intramolecular Hbond substituents is 1. The molecular weight excluding hydrogens is 504 g/mol. The molecule has 3 unspecified atom stereocenters. The second-order valence-electron chi connectivity index (χ2n) is 11.1. The molecule has 1 aromatic carbocycles. The third-order valence-corrected chi connectivity index (χ3v) is 8.62. The van der Waals surface area contributed by atoms with Crippen molar-refractivity contribution in [1.29, 1.82) is 0 Å². The Morgan fingerprint density at radius 1 is 1.21 bits per heavy atom. The van der Waals surface area contributed by atoms with Crippen LogP contribution >= 0.6 is 0 Å². The zero-order valence-electron chi connectivity index (χ0n) is 23.0.